The molecule has 4 rings (SSSR count). The van der Waals surface area contributed by atoms with E-state index in [1.807, 2.05) is 13.0 Å². The molecule has 0 radical (unpaired) electrons. The molecular formula is C19H30N2O2. The number of carbonyl (C=O) groups excluding carboxylic acids is 2. The minimum atomic E-state index is -0.0933. The predicted molar refractivity (Wildman–Crippen MR) is 90.7 cm³/mol. The van der Waals surface area contributed by atoms with Gasteiger partial charge in [-0.25, -0.2) is 0 Å². The molecule has 4 heteroatoms. The quantitative estimate of drug-likeness (QED) is 0.792. The van der Waals surface area contributed by atoms with E-state index in [4.69, 9.17) is 0 Å². The van der Waals surface area contributed by atoms with E-state index < -0.39 is 0 Å². The Morgan fingerprint density at radius 3 is 2.13 bits per heavy atom. The summed E-state index contributed by atoms with van der Waals surface area (Å²) in [6.07, 6.45) is 9.87. The molecule has 128 valence electrons. The Bertz CT molecular complexity index is 488. The molecule has 0 aromatic carbocycles. The predicted octanol–water partition coefficient (Wildman–Crippen LogP) is 2.74. The van der Waals surface area contributed by atoms with Crippen molar-refractivity contribution in [1.29, 1.82) is 0 Å². The molecule has 4 nitrogen and oxygen atoms in total. The van der Waals surface area contributed by atoms with Gasteiger partial charge in [-0.05, 0) is 75.5 Å². The zero-order chi connectivity index (χ0) is 16.6. The van der Waals surface area contributed by atoms with Crippen LogP contribution in [0.4, 0.5) is 0 Å². The van der Waals surface area contributed by atoms with E-state index in [-0.39, 0.29) is 23.8 Å². The standard InChI is InChI=1S/C19H30N2O2/c1-4-20-17(22)12-21(3)18(23)5-13(2)19-9-14-6-15(10-19)8-16(7-14)11-19/h5,14-16H,4,6-12H2,1-3H3,(H,20,22). The Kier molecular flexibility index (Phi) is 4.52. The van der Waals surface area contributed by atoms with Crippen molar-refractivity contribution in [1.82, 2.24) is 10.2 Å². The van der Waals surface area contributed by atoms with E-state index in [2.05, 4.69) is 12.2 Å². The number of nitrogens with zero attached hydrogens (tertiary/aromatic N) is 1. The first-order valence-electron chi connectivity index (χ1n) is 9.12. The Labute approximate surface area is 139 Å². The third kappa shape index (κ3) is 3.31. The molecule has 4 fully saturated rings. The summed E-state index contributed by atoms with van der Waals surface area (Å²) in [6.45, 7) is 4.77. The van der Waals surface area contributed by atoms with Crippen LogP contribution in [0.2, 0.25) is 0 Å². The monoisotopic (exact) mass is 318 g/mol. The normalized spacial score (nSPS) is 35.3. The van der Waals surface area contributed by atoms with Crippen LogP contribution in [0.25, 0.3) is 0 Å². The Hall–Kier alpha value is -1.32. The van der Waals surface area contributed by atoms with Gasteiger partial charge in [0.25, 0.3) is 0 Å². The van der Waals surface area contributed by atoms with E-state index in [1.165, 1.54) is 49.0 Å². The second-order valence-electron chi connectivity index (χ2n) is 8.17. The van der Waals surface area contributed by atoms with E-state index in [0.29, 0.717) is 6.54 Å². The second-order valence-corrected chi connectivity index (χ2v) is 8.17. The van der Waals surface area contributed by atoms with Gasteiger partial charge in [0.15, 0.2) is 0 Å². The average Bonchev–Trinajstić information content (AvgIpc) is 2.45. The number of rotatable bonds is 5. The van der Waals surface area contributed by atoms with Gasteiger partial charge < -0.3 is 10.2 Å². The van der Waals surface area contributed by atoms with Crippen molar-refractivity contribution in [2.45, 2.75) is 52.4 Å². The molecule has 0 saturated heterocycles. The van der Waals surface area contributed by atoms with Crippen LogP contribution >= 0.6 is 0 Å². The number of nitrogens with one attached hydrogen (secondary N) is 1. The fourth-order valence-corrected chi connectivity index (χ4v) is 5.59. The first-order chi connectivity index (χ1) is 10.9. The van der Waals surface area contributed by atoms with Crippen molar-refractivity contribution < 1.29 is 9.59 Å². The summed E-state index contributed by atoms with van der Waals surface area (Å²) in [5.74, 6) is 2.52. The molecule has 23 heavy (non-hydrogen) atoms. The van der Waals surface area contributed by atoms with Crippen molar-refractivity contribution in [3.8, 4) is 0 Å². The summed E-state index contributed by atoms with van der Waals surface area (Å²) in [5.41, 5.74) is 1.53. The fraction of sp³-hybridized carbons (Fsp3) is 0.789. The second kappa shape index (κ2) is 6.29. The molecule has 0 aromatic rings. The highest BCUT2D eigenvalue weighted by Crippen LogP contribution is 2.62. The molecule has 0 atom stereocenters. The van der Waals surface area contributed by atoms with Crippen molar-refractivity contribution in [2.75, 3.05) is 20.1 Å². The summed E-state index contributed by atoms with van der Waals surface area (Å²) in [5, 5.41) is 2.74. The molecular weight excluding hydrogens is 288 g/mol. The van der Waals surface area contributed by atoms with Crippen LogP contribution in [-0.4, -0.2) is 36.9 Å². The lowest BCUT2D eigenvalue weighted by atomic mass is 9.48. The van der Waals surface area contributed by atoms with Crippen molar-refractivity contribution >= 4 is 11.8 Å². The van der Waals surface area contributed by atoms with Crippen LogP contribution in [0.15, 0.2) is 11.6 Å². The SMILES string of the molecule is CCNC(=O)CN(C)C(=O)C=C(C)C12CC3CC(CC(C3)C1)C2. The summed E-state index contributed by atoms with van der Waals surface area (Å²) in [6, 6.07) is 0. The van der Waals surface area contributed by atoms with Crippen LogP contribution in [0.3, 0.4) is 0 Å². The van der Waals surface area contributed by atoms with Gasteiger partial charge in [0.05, 0.1) is 6.54 Å². The van der Waals surface area contributed by atoms with Gasteiger partial charge in [0.2, 0.25) is 11.8 Å². The van der Waals surface area contributed by atoms with Gasteiger partial charge in [-0.1, -0.05) is 5.57 Å². The van der Waals surface area contributed by atoms with Gasteiger partial charge in [0.1, 0.15) is 0 Å². The molecule has 4 aliphatic rings. The highest BCUT2D eigenvalue weighted by atomic mass is 16.2. The van der Waals surface area contributed by atoms with Crippen LogP contribution < -0.4 is 5.32 Å². The lowest BCUT2D eigenvalue weighted by Gasteiger charge is -2.57. The Balaban J connectivity index is 1.67. The maximum atomic E-state index is 12.5. The number of hydrogen-bond acceptors (Lipinski definition) is 2. The molecule has 0 spiro atoms. The fourth-order valence-electron chi connectivity index (χ4n) is 5.59. The molecule has 1 N–H and O–H groups in total. The number of likely N-dealkylation sites (N-methyl/N-ethyl adjacent to an activating group) is 2. The zero-order valence-electron chi connectivity index (χ0n) is 14.7. The van der Waals surface area contributed by atoms with Gasteiger partial charge in [-0.3, -0.25) is 9.59 Å². The first kappa shape index (κ1) is 16.5. The summed E-state index contributed by atoms with van der Waals surface area (Å²) in [4.78, 5) is 25.6. The topological polar surface area (TPSA) is 49.4 Å². The van der Waals surface area contributed by atoms with Crippen LogP contribution in [-0.2, 0) is 9.59 Å². The smallest absolute Gasteiger partial charge is 0.246 e. The van der Waals surface area contributed by atoms with Crippen molar-refractivity contribution in [2.24, 2.45) is 23.2 Å². The lowest BCUT2D eigenvalue weighted by molar-refractivity contribution is -0.131. The van der Waals surface area contributed by atoms with E-state index >= 15 is 0 Å². The molecule has 2 amide bonds. The third-order valence-corrected chi connectivity index (χ3v) is 6.35. The average molecular weight is 318 g/mol. The maximum absolute atomic E-state index is 12.5. The number of carbonyl (C=O) groups is 2. The largest absolute Gasteiger partial charge is 0.355 e. The highest BCUT2D eigenvalue weighted by molar-refractivity contribution is 5.91. The van der Waals surface area contributed by atoms with Crippen LogP contribution in [0, 0.1) is 23.2 Å². The highest BCUT2D eigenvalue weighted by Gasteiger charge is 2.51. The minimum absolute atomic E-state index is 0.0375. The summed E-state index contributed by atoms with van der Waals surface area (Å²) in [7, 11) is 1.71. The Morgan fingerprint density at radius 2 is 1.65 bits per heavy atom. The van der Waals surface area contributed by atoms with E-state index in [1.54, 1.807) is 7.05 Å². The molecule has 4 bridgehead atoms. The lowest BCUT2D eigenvalue weighted by Crippen LogP contribution is -2.47. The van der Waals surface area contributed by atoms with Crippen molar-refractivity contribution in [3.63, 3.8) is 0 Å². The van der Waals surface area contributed by atoms with Crippen LogP contribution in [0.5, 0.6) is 0 Å². The summed E-state index contributed by atoms with van der Waals surface area (Å²) < 4.78 is 0. The zero-order valence-corrected chi connectivity index (χ0v) is 14.7. The summed E-state index contributed by atoms with van der Waals surface area (Å²) >= 11 is 0. The molecule has 4 saturated carbocycles. The number of amides is 2. The number of hydrogen-bond donors (Lipinski definition) is 1. The third-order valence-electron chi connectivity index (χ3n) is 6.35. The van der Waals surface area contributed by atoms with Gasteiger partial charge in [0, 0.05) is 19.7 Å². The Morgan fingerprint density at radius 1 is 1.13 bits per heavy atom. The molecule has 0 heterocycles. The van der Waals surface area contributed by atoms with Gasteiger partial charge >= 0.3 is 0 Å². The molecule has 4 aliphatic carbocycles. The first-order valence-corrected chi connectivity index (χ1v) is 9.12. The van der Waals surface area contributed by atoms with E-state index in [9.17, 15) is 9.59 Å². The van der Waals surface area contributed by atoms with Gasteiger partial charge in [-0.15, -0.1) is 0 Å². The number of allylic oxidation sites excluding steroid dienone is 1. The van der Waals surface area contributed by atoms with Crippen molar-refractivity contribution in [3.05, 3.63) is 11.6 Å². The molecule has 0 aromatic heterocycles. The van der Waals surface area contributed by atoms with Gasteiger partial charge in [-0.2, -0.15) is 0 Å². The molecule has 0 aliphatic heterocycles. The minimum Gasteiger partial charge on any atom is -0.355 e. The van der Waals surface area contributed by atoms with Crippen LogP contribution in [0.1, 0.15) is 52.4 Å². The maximum Gasteiger partial charge on any atom is 0.246 e. The molecule has 0 unspecified atom stereocenters. The van der Waals surface area contributed by atoms with E-state index in [0.717, 1.165) is 17.8 Å².